The van der Waals surface area contributed by atoms with E-state index in [-0.39, 0.29) is 18.7 Å². The summed E-state index contributed by atoms with van der Waals surface area (Å²) in [6.45, 7) is 5.04. The highest BCUT2D eigenvalue weighted by Crippen LogP contribution is 2.18. The summed E-state index contributed by atoms with van der Waals surface area (Å²) in [7, 11) is 0. The second-order valence-electron chi connectivity index (χ2n) is 5.76. The number of carbonyl (C=O) groups is 1. The summed E-state index contributed by atoms with van der Waals surface area (Å²) in [6, 6.07) is 11.7. The lowest BCUT2D eigenvalue weighted by Crippen LogP contribution is -2.37. The van der Waals surface area contributed by atoms with Gasteiger partial charge in [0.1, 0.15) is 0 Å². The van der Waals surface area contributed by atoms with Gasteiger partial charge in [-0.15, -0.1) is 0 Å². The molecule has 1 atom stereocenters. The average Bonchev–Trinajstić information content (AvgIpc) is 3.07. The Morgan fingerprint density at radius 3 is 2.71 bits per heavy atom. The van der Waals surface area contributed by atoms with Crippen molar-refractivity contribution in [2.75, 3.05) is 25.0 Å². The minimum absolute atomic E-state index is 0.0450. The summed E-state index contributed by atoms with van der Waals surface area (Å²) >= 11 is 0. The second-order valence-corrected chi connectivity index (χ2v) is 5.76. The van der Waals surface area contributed by atoms with Crippen molar-refractivity contribution in [1.29, 1.82) is 0 Å². The van der Waals surface area contributed by atoms with Gasteiger partial charge >= 0.3 is 6.03 Å². The van der Waals surface area contributed by atoms with E-state index in [1.807, 2.05) is 29.1 Å². The average molecular weight is 330 g/mol. The standard InChI is InChI=1S/C18H26N4O2/c1-3-4-11-21(13-14-23)18(24)19-17-10-12-22(20-17)15(2)16-8-6-5-7-9-16/h5-10,12,15,23H,3-4,11,13-14H2,1-2H3,(H,19,20,24). The zero-order valence-electron chi connectivity index (χ0n) is 14.4. The largest absolute Gasteiger partial charge is 0.395 e. The molecule has 0 bridgehead atoms. The van der Waals surface area contributed by atoms with Gasteiger partial charge < -0.3 is 10.0 Å². The number of nitrogens with one attached hydrogen (secondary N) is 1. The highest BCUT2D eigenvalue weighted by molar-refractivity contribution is 5.88. The van der Waals surface area contributed by atoms with E-state index in [0.717, 1.165) is 18.4 Å². The van der Waals surface area contributed by atoms with Crippen LogP contribution >= 0.6 is 0 Å². The highest BCUT2D eigenvalue weighted by Gasteiger charge is 2.15. The van der Waals surface area contributed by atoms with E-state index in [4.69, 9.17) is 5.11 Å². The minimum Gasteiger partial charge on any atom is -0.395 e. The molecule has 0 aliphatic heterocycles. The topological polar surface area (TPSA) is 70.4 Å². The lowest BCUT2D eigenvalue weighted by molar-refractivity contribution is 0.187. The number of unbranched alkanes of at least 4 members (excludes halogenated alkanes) is 1. The first-order valence-electron chi connectivity index (χ1n) is 8.42. The Kier molecular flexibility index (Phi) is 6.81. The predicted octanol–water partition coefficient (Wildman–Crippen LogP) is 3.12. The fourth-order valence-corrected chi connectivity index (χ4v) is 2.48. The van der Waals surface area contributed by atoms with Crippen LogP contribution in [0.1, 0.15) is 38.3 Å². The Bertz CT molecular complexity index is 627. The molecule has 0 aliphatic rings. The smallest absolute Gasteiger partial charge is 0.323 e. The van der Waals surface area contributed by atoms with Crippen molar-refractivity contribution in [3.05, 3.63) is 48.2 Å². The number of aromatic nitrogens is 2. The molecule has 1 heterocycles. The molecule has 6 heteroatoms. The van der Waals surface area contributed by atoms with Gasteiger partial charge in [0.05, 0.1) is 12.6 Å². The number of aliphatic hydroxyl groups is 1. The highest BCUT2D eigenvalue weighted by atomic mass is 16.3. The van der Waals surface area contributed by atoms with Crippen molar-refractivity contribution in [1.82, 2.24) is 14.7 Å². The van der Waals surface area contributed by atoms with Crippen LogP contribution in [0.4, 0.5) is 10.6 Å². The molecule has 2 amide bonds. The molecule has 130 valence electrons. The van der Waals surface area contributed by atoms with Crippen LogP contribution < -0.4 is 5.32 Å². The maximum absolute atomic E-state index is 12.3. The van der Waals surface area contributed by atoms with Gasteiger partial charge in [0.2, 0.25) is 0 Å². The predicted molar refractivity (Wildman–Crippen MR) is 95.1 cm³/mol. The summed E-state index contributed by atoms with van der Waals surface area (Å²) in [5.41, 5.74) is 1.16. The molecule has 1 unspecified atom stereocenters. The van der Waals surface area contributed by atoms with Crippen LogP contribution in [0.3, 0.4) is 0 Å². The molecule has 0 aliphatic carbocycles. The number of anilines is 1. The van der Waals surface area contributed by atoms with Crippen LogP contribution in [0.5, 0.6) is 0 Å². The monoisotopic (exact) mass is 330 g/mol. The van der Waals surface area contributed by atoms with Crippen LogP contribution in [0.2, 0.25) is 0 Å². The van der Waals surface area contributed by atoms with E-state index in [2.05, 4.69) is 36.4 Å². The van der Waals surface area contributed by atoms with E-state index in [1.54, 1.807) is 11.0 Å². The molecule has 1 aromatic heterocycles. The summed E-state index contributed by atoms with van der Waals surface area (Å²) in [6.07, 6.45) is 3.76. The van der Waals surface area contributed by atoms with Crippen molar-refractivity contribution in [2.45, 2.75) is 32.7 Å². The van der Waals surface area contributed by atoms with E-state index in [9.17, 15) is 4.79 Å². The van der Waals surface area contributed by atoms with Crippen molar-refractivity contribution in [3.63, 3.8) is 0 Å². The number of carbonyl (C=O) groups excluding carboxylic acids is 1. The Morgan fingerprint density at radius 2 is 2.04 bits per heavy atom. The van der Waals surface area contributed by atoms with Crippen LogP contribution in [0.15, 0.2) is 42.6 Å². The van der Waals surface area contributed by atoms with Crippen LogP contribution in [0, 0.1) is 0 Å². The number of urea groups is 1. The molecule has 2 aromatic rings. The first-order chi connectivity index (χ1) is 11.7. The second kappa shape index (κ2) is 9.08. The van der Waals surface area contributed by atoms with Crippen molar-refractivity contribution < 1.29 is 9.90 Å². The molecule has 0 saturated heterocycles. The zero-order valence-corrected chi connectivity index (χ0v) is 14.4. The van der Waals surface area contributed by atoms with Gasteiger partial charge in [-0.25, -0.2) is 4.79 Å². The first kappa shape index (κ1) is 18.0. The van der Waals surface area contributed by atoms with Gasteiger partial charge in [-0.1, -0.05) is 43.7 Å². The van der Waals surface area contributed by atoms with Crippen molar-refractivity contribution in [2.24, 2.45) is 0 Å². The molecule has 0 radical (unpaired) electrons. The molecule has 24 heavy (non-hydrogen) atoms. The minimum atomic E-state index is -0.227. The van der Waals surface area contributed by atoms with Gasteiger partial charge in [-0.2, -0.15) is 5.10 Å². The van der Waals surface area contributed by atoms with E-state index in [1.165, 1.54) is 0 Å². The van der Waals surface area contributed by atoms with Gasteiger partial charge in [-0.3, -0.25) is 10.00 Å². The Balaban J connectivity index is 2.00. The molecule has 2 rings (SSSR count). The molecule has 2 N–H and O–H groups in total. The molecule has 1 aromatic carbocycles. The lowest BCUT2D eigenvalue weighted by atomic mass is 10.1. The van der Waals surface area contributed by atoms with Gasteiger partial charge in [0, 0.05) is 25.4 Å². The van der Waals surface area contributed by atoms with E-state index >= 15 is 0 Å². The number of benzene rings is 1. The number of rotatable bonds is 8. The molecule has 0 spiro atoms. The first-order valence-corrected chi connectivity index (χ1v) is 8.42. The number of hydrogen-bond acceptors (Lipinski definition) is 3. The molecule has 0 fully saturated rings. The lowest BCUT2D eigenvalue weighted by Gasteiger charge is -2.21. The SMILES string of the molecule is CCCCN(CCO)C(=O)Nc1ccn(C(C)c2ccccc2)n1. The van der Waals surface area contributed by atoms with Gasteiger partial charge in [-0.05, 0) is 18.9 Å². The van der Waals surface area contributed by atoms with Gasteiger partial charge in [0.15, 0.2) is 5.82 Å². The third kappa shape index (κ3) is 4.83. The summed E-state index contributed by atoms with van der Waals surface area (Å²) in [5.74, 6) is 0.516. The van der Waals surface area contributed by atoms with Crippen LogP contribution in [0.25, 0.3) is 0 Å². The molecule has 6 nitrogen and oxygen atoms in total. The maximum Gasteiger partial charge on any atom is 0.323 e. The summed E-state index contributed by atoms with van der Waals surface area (Å²) in [5, 5.41) is 16.4. The van der Waals surface area contributed by atoms with E-state index < -0.39 is 0 Å². The third-order valence-corrected chi connectivity index (χ3v) is 3.96. The van der Waals surface area contributed by atoms with Crippen molar-refractivity contribution >= 4 is 11.8 Å². The number of hydrogen-bond donors (Lipinski definition) is 2. The third-order valence-electron chi connectivity index (χ3n) is 3.96. The van der Waals surface area contributed by atoms with Gasteiger partial charge in [0.25, 0.3) is 0 Å². The number of aliphatic hydroxyl groups excluding tert-OH is 1. The molecular formula is C18H26N4O2. The number of nitrogens with zero attached hydrogens (tertiary/aromatic N) is 3. The van der Waals surface area contributed by atoms with Crippen molar-refractivity contribution in [3.8, 4) is 0 Å². The maximum atomic E-state index is 12.3. The molecule has 0 saturated carbocycles. The normalized spacial score (nSPS) is 12.0. The Morgan fingerprint density at radius 1 is 1.29 bits per heavy atom. The molecular weight excluding hydrogens is 304 g/mol. The fraction of sp³-hybridized carbons (Fsp3) is 0.444. The van der Waals surface area contributed by atoms with E-state index in [0.29, 0.717) is 18.9 Å². The van der Waals surface area contributed by atoms with Crippen LogP contribution in [-0.4, -0.2) is 45.5 Å². The summed E-state index contributed by atoms with van der Waals surface area (Å²) in [4.78, 5) is 13.9. The van der Waals surface area contributed by atoms with Crippen LogP contribution in [-0.2, 0) is 0 Å². The summed E-state index contributed by atoms with van der Waals surface area (Å²) < 4.78 is 1.83. The zero-order chi connectivity index (χ0) is 17.4. The Hall–Kier alpha value is -2.34. The number of amides is 2. The quantitative estimate of drug-likeness (QED) is 0.781. The fourth-order valence-electron chi connectivity index (χ4n) is 2.48. The Labute approximate surface area is 143 Å².